The van der Waals surface area contributed by atoms with Crippen LogP contribution in [0.4, 0.5) is 4.79 Å². The van der Waals surface area contributed by atoms with Crippen LogP contribution in [0.15, 0.2) is 78.0 Å². The number of benzene rings is 3. The van der Waals surface area contributed by atoms with Crippen molar-refractivity contribution in [3.63, 3.8) is 0 Å². The van der Waals surface area contributed by atoms with Crippen LogP contribution < -0.4 is 10.6 Å². The van der Waals surface area contributed by atoms with Gasteiger partial charge in [-0.3, -0.25) is 4.79 Å². The molecule has 4 aromatic rings. The number of urea groups is 1. The molecule has 3 aromatic carbocycles. The van der Waals surface area contributed by atoms with Crippen molar-refractivity contribution in [3.8, 4) is 11.1 Å². The molecule has 242 valence electrons. The zero-order chi connectivity index (χ0) is 32.5. The van der Waals surface area contributed by atoms with Gasteiger partial charge in [0.05, 0.1) is 25.4 Å². The van der Waals surface area contributed by atoms with E-state index in [1.54, 1.807) is 11.6 Å². The molecule has 3 N–H and O–H groups in total. The lowest BCUT2D eigenvalue weighted by molar-refractivity contribution is -0.268. The summed E-state index contributed by atoms with van der Waals surface area (Å²) in [5, 5.41) is 27.3. The third-order valence-corrected chi connectivity index (χ3v) is 8.78. The fourth-order valence-electron chi connectivity index (χ4n) is 5.11. The van der Waals surface area contributed by atoms with Gasteiger partial charge in [0.15, 0.2) is 6.29 Å². The maximum atomic E-state index is 12.1. The Balaban J connectivity index is 1.28. The molecule has 0 bridgehead atoms. The molecule has 2 heterocycles. The lowest BCUT2D eigenvalue weighted by Crippen LogP contribution is -2.38. The lowest BCUT2D eigenvalue weighted by atomic mass is 9.91. The first-order valence-electron chi connectivity index (χ1n) is 15.1. The molecule has 12 nitrogen and oxygen atoms in total. The van der Waals surface area contributed by atoms with Crippen LogP contribution in [0, 0.1) is 5.92 Å². The van der Waals surface area contributed by atoms with Crippen LogP contribution in [0.5, 0.6) is 0 Å². The number of carbonyl (C=O) groups is 2. The Morgan fingerprint density at radius 1 is 0.978 bits per heavy atom. The van der Waals surface area contributed by atoms with Gasteiger partial charge in [-0.15, -0.1) is 5.10 Å². The van der Waals surface area contributed by atoms with E-state index in [-0.39, 0.29) is 37.9 Å². The van der Waals surface area contributed by atoms with Gasteiger partial charge >= 0.3 is 12.0 Å². The number of carbonyl (C=O) groups excluding carboxylic acids is 2. The number of thioether (sulfide) groups is 1. The van der Waals surface area contributed by atoms with Crippen molar-refractivity contribution >= 4 is 23.8 Å². The smallest absolute Gasteiger partial charge is 0.325 e. The average molecular weight is 647 g/mol. The number of aliphatic hydroxyl groups is 1. The summed E-state index contributed by atoms with van der Waals surface area (Å²) in [6, 6.07) is 23.3. The second-order valence-corrected chi connectivity index (χ2v) is 11.9. The highest BCUT2D eigenvalue weighted by atomic mass is 32.2. The van der Waals surface area contributed by atoms with Crippen molar-refractivity contribution in [2.24, 2.45) is 13.0 Å². The molecule has 1 aliphatic rings. The van der Waals surface area contributed by atoms with Crippen LogP contribution in [0.3, 0.4) is 0 Å². The zero-order valence-corrected chi connectivity index (χ0v) is 26.8. The molecule has 1 aromatic heterocycles. The first kappa shape index (κ1) is 33.1. The van der Waals surface area contributed by atoms with Crippen molar-refractivity contribution in [1.29, 1.82) is 0 Å². The summed E-state index contributed by atoms with van der Waals surface area (Å²) in [6.07, 6.45) is -0.978. The molecule has 0 saturated carbocycles. The normalized spacial score (nSPS) is 19.4. The number of nitrogens with one attached hydrogen (secondary N) is 2. The van der Waals surface area contributed by atoms with Crippen LogP contribution in [0.1, 0.15) is 48.5 Å². The summed E-state index contributed by atoms with van der Waals surface area (Å²) in [5.74, 6) is 0.191. The van der Waals surface area contributed by atoms with E-state index in [1.165, 1.54) is 11.8 Å². The van der Waals surface area contributed by atoms with Crippen LogP contribution >= 0.6 is 11.8 Å². The number of aromatic nitrogens is 4. The molecule has 5 rings (SSSR count). The Morgan fingerprint density at radius 3 is 2.43 bits per heavy atom. The first-order valence-corrected chi connectivity index (χ1v) is 16.1. The third kappa shape index (κ3) is 8.49. The monoisotopic (exact) mass is 646 g/mol. The number of aliphatic hydroxyl groups excluding tert-OH is 1. The SMILES string of the molecule is CCOC(=O)CNC(=O)NCc1cccc(-c2ccc([C@H]3O[C@@H](CSc4nnnn4C)[C@@H](C)[C@@H](c4ccc(CO)cc4)O3)cc2)c1. The standard InChI is InChI=1S/C33H38N6O6S/c1-4-43-29(41)18-35-32(42)34-17-23-6-5-7-27(16-23)24-12-14-26(15-13-24)31-44-28(20-46-33-36-37-38-39(33)3)21(2)30(45-31)25-10-8-22(19-40)9-11-25/h5-16,21,28,30-31,40H,4,17-20H2,1-3H3,(H2,34,35,42)/t21-,28+,30+,31+/m1/s1. The molecule has 4 atom stereocenters. The summed E-state index contributed by atoms with van der Waals surface area (Å²) in [5.41, 5.74) is 5.65. The van der Waals surface area contributed by atoms with E-state index in [9.17, 15) is 14.7 Å². The summed E-state index contributed by atoms with van der Waals surface area (Å²) < 4.78 is 19.6. The minimum absolute atomic E-state index is 0.0175. The van der Waals surface area contributed by atoms with Gasteiger partial charge in [0.25, 0.3) is 0 Å². The van der Waals surface area contributed by atoms with Gasteiger partial charge in [-0.05, 0) is 51.2 Å². The largest absolute Gasteiger partial charge is 0.465 e. The van der Waals surface area contributed by atoms with Gasteiger partial charge in [0.2, 0.25) is 5.16 Å². The highest BCUT2D eigenvalue weighted by Gasteiger charge is 2.38. The molecule has 0 aliphatic carbocycles. The maximum Gasteiger partial charge on any atom is 0.325 e. The number of ether oxygens (including phenoxy) is 3. The molecule has 2 amide bonds. The number of esters is 1. The van der Waals surface area contributed by atoms with Crippen molar-refractivity contribution in [3.05, 3.63) is 95.1 Å². The number of aryl methyl sites for hydroxylation is 1. The van der Waals surface area contributed by atoms with Crippen LogP contribution in [0.2, 0.25) is 0 Å². The van der Waals surface area contributed by atoms with Crippen molar-refractivity contribution in [1.82, 2.24) is 30.8 Å². The summed E-state index contributed by atoms with van der Waals surface area (Å²) in [7, 11) is 1.81. The predicted molar refractivity (Wildman–Crippen MR) is 171 cm³/mol. The lowest BCUT2D eigenvalue weighted by Gasteiger charge is -2.41. The number of hydrogen-bond acceptors (Lipinski definition) is 10. The minimum atomic E-state index is -0.598. The number of rotatable bonds is 12. The van der Waals surface area contributed by atoms with Crippen LogP contribution in [-0.4, -0.2) is 62.3 Å². The van der Waals surface area contributed by atoms with Gasteiger partial charge < -0.3 is 30.0 Å². The van der Waals surface area contributed by atoms with E-state index in [4.69, 9.17) is 14.2 Å². The Kier molecular flexibility index (Phi) is 11.4. The minimum Gasteiger partial charge on any atom is -0.465 e. The molecule has 0 unspecified atom stereocenters. The van der Waals surface area contributed by atoms with Gasteiger partial charge in [0.1, 0.15) is 6.54 Å². The Morgan fingerprint density at radius 2 is 1.74 bits per heavy atom. The Hall–Kier alpha value is -4.30. The van der Waals surface area contributed by atoms with Crippen molar-refractivity contribution in [2.45, 2.75) is 50.7 Å². The van der Waals surface area contributed by atoms with E-state index in [1.807, 2.05) is 79.8 Å². The van der Waals surface area contributed by atoms with E-state index >= 15 is 0 Å². The van der Waals surface area contributed by atoms with E-state index in [2.05, 4.69) is 33.1 Å². The summed E-state index contributed by atoms with van der Waals surface area (Å²) >= 11 is 1.54. The molecule has 0 radical (unpaired) electrons. The number of nitrogens with zero attached hydrogens (tertiary/aromatic N) is 4. The fourth-order valence-corrected chi connectivity index (χ4v) is 6.13. The quantitative estimate of drug-likeness (QED) is 0.150. The second kappa shape index (κ2) is 15.8. The molecule has 0 spiro atoms. The van der Waals surface area contributed by atoms with E-state index in [0.717, 1.165) is 33.4 Å². The van der Waals surface area contributed by atoms with Gasteiger partial charge in [-0.2, -0.15) is 0 Å². The highest BCUT2D eigenvalue weighted by Crippen LogP contribution is 2.43. The summed E-state index contributed by atoms with van der Waals surface area (Å²) in [6.45, 7) is 4.19. The zero-order valence-electron chi connectivity index (χ0n) is 26.0. The predicted octanol–water partition coefficient (Wildman–Crippen LogP) is 4.32. The molecular formula is C33H38N6O6S. The Labute approximate surface area is 271 Å². The molecule has 46 heavy (non-hydrogen) atoms. The van der Waals surface area contributed by atoms with E-state index in [0.29, 0.717) is 17.5 Å². The topological polar surface area (TPSA) is 150 Å². The van der Waals surface area contributed by atoms with Gasteiger partial charge in [-0.1, -0.05) is 85.4 Å². The van der Waals surface area contributed by atoms with E-state index < -0.39 is 18.3 Å². The maximum absolute atomic E-state index is 12.1. The summed E-state index contributed by atoms with van der Waals surface area (Å²) in [4.78, 5) is 23.6. The molecule has 1 aliphatic heterocycles. The second-order valence-electron chi connectivity index (χ2n) is 10.9. The number of hydrogen-bond donors (Lipinski definition) is 3. The number of tetrazole rings is 1. The fraction of sp³-hybridized carbons (Fsp3) is 0.364. The highest BCUT2D eigenvalue weighted by molar-refractivity contribution is 7.99. The first-order chi connectivity index (χ1) is 22.3. The van der Waals surface area contributed by atoms with Crippen LogP contribution in [-0.2, 0) is 39.2 Å². The molecule has 1 saturated heterocycles. The van der Waals surface area contributed by atoms with Gasteiger partial charge in [0, 0.05) is 30.8 Å². The number of amides is 2. The van der Waals surface area contributed by atoms with Crippen LogP contribution in [0.25, 0.3) is 11.1 Å². The molecule has 13 heteroatoms. The van der Waals surface area contributed by atoms with Gasteiger partial charge in [-0.25, -0.2) is 9.48 Å². The molecular weight excluding hydrogens is 608 g/mol. The van der Waals surface area contributed by atoms with Crippen molar-refractivity contribution < 1.29 is 28.9 Å². The molecule has 1 fully saturated rings. The van der Waals surface area contributed by atoms with Crippen molar-refractivity contribution in [2.75, 3.05) is 18.9 Å². The average Bonchev–Trinajstić information content (AvgIpc) is 3.50. The Bertz CT molecular complexity index is 1600. The third-order valence-electron chi connectivity index (χ3n) is 7.68.